The maximum Gasteiger partial charge on any atom is 0.321 e. The predicted molar refractivity (Wildman–Crippen MR) is 79.7 cm³/mol. The fraction of sp³-hybridized carbons (Fsp3) is 0.429. The standard InChI is InChI=1S/C14H17BrN2O3/c15-11-2-4-12(5-3-11)16-14(20)17-8-7-10(9-17)1-6-13(18)19/h2-5,10H,1,6-9H2,(H,16,20)(H,18,19). The van der Waals surface area contributed by atoms with Gasteiger partial charge in [-0.1, -0.05) is 15.9 Å². The number of urea groups is 1. The molecular formula is C14H17BrN2O3. The molecule has 1 aromatic rings. The molecule has 0 aromatic heterocycles. The maximum atomic E-state index is 12.1. The van der Waals surface area contributed by atoms with Crippen molar-refractivity contribution in [3.63, 3.8) is 0 Å². The number of nitrogens with one attached hydrogen (secondary N) is 1. The Hall–Kier alpha value is -1.56. The van der Waals surface area contributed by atoms with Gasteiger partial charge in [-0.05, 0) is 43.0 Å². The van der Waals surface area contributed by atoms with Crippen LogP contribution in [0.4, 0.5) is 10.5 Å². The van der Waals surface area contributed by atoms with Crippen LogP contribution in [-0.2, 0) is 4.79 Å². The molecule has 20 heavy (non-hydrogen) atoms. The van der Waals surface area contributed by atoms with E-state index in [1.165, 1.54) is 0 Å². The van der Waals surface area contributed by atoms with E-state index in [0.29, 0.717) is 25.4 Å². The molecule has 0 radical (unpaired) electrons. The normalized spacial score (nSPS) is 18.1. The van der Waals surface area contributed by atoms with E-state index in [1.54, 1.807) is 4.90 Å². The molecular weight excluding hydrogens is 324 g/mol. The van der Waals surface area contributed by atoms with Gasteiger partial charge in [0.2, 0.25) is 0 Å². The lowest BCUT2D eigenvalue weighted by Gasteiger charge is -2.17. The van der Waals surface area contributed by atoms with E-state index in [4.69, 9.17) is 5.11 Å². The van der Waals surface area contributed by atoms with Crippen LogP contribution in [0.3, 0.4) is 0 Å². The molecule has 1 aromatic carbocycles. The molecule has 0 saturated carbocycles. The highest BCUT2D eigenvalue weighted by atomic mass is 79.9. The molecule has 2 rings (SSSR count). The van der Waals surface area contributed by atoms with Gasteiger partial charge < -0.3 is 15.3 Å². The van der Waals surface area contributed by atoms with Gasteiger partial charge in [-0.2, -0.15) is 0 Å². The highest BCUT2D eigenvalue weighted by molar-refractivity contribution is 9.10. The molecule has 1 aliphatic heterocycles. The highest BCUT2D eigenvalue weighted by Crippen LogP contribution is 2.22. The second-order valence-electron chi connectivity index (χ2n) is 4.97. The van der Waals surface area contributed by atoms with E-state index < -0.39 is 5.97 Å². The van der Waals surface area contributed by atoms with Crippen LogP contribution in [0.1, 0.15) is 19.3 Å². The van der Waals surface area contributed by atoms with Crippen molar-refractivity contribution in [1.82, 2.24) is 4.90 Å². The third-order valence-electron chi connectivity index (χ3n) is 3.44. The van der Waals surface area contributed by atoms with E-state index in [0.717, 1.165) is 16.6 Å². The van der Waals surface area contributed by atoms with Crippen molar-refractivity contribution in [2.24, 2.45) is 5.92 Å². The number of carboxylic acid groups (broad SMARTS) is 1. The second kappa shape index (κ2) is 6.74. The molecule has 1 unspecified atom stereocenters. The zero-order valence-electron chi connectivity index (χ0n) is 11.0. The number of anilines is 1. The van der Waals surface area contributed by atoms with Crippen LogP contribution in [-0.4, -0.2) is 35.1 Å². The summed E-state index contributed by atoms with van der Waals surface area (Å²) in [7, 11) is 0. The molecule has 108 valence electrons. The first-order valence-corrected chi connectivity index (χ1v) is 7.37. The summed E-state index contributed by atoms with van der Waals surface area (Å²) in [4.78, 5) is 24.4. The average Bonchev–Trinajstić information content (AvgIpc) is 2.88. The van der Waals surface area contributed by atoms with Crippen molar-refractivity contribution in [3.05, 3.63) is 28.7 Å². The number of halogens is 1. The molecule has 0 bridgehead atoms. The van der Waals surface area contributed by atoms with Gasteiger partial charge in [0.1, 0.15) is 0 Å². The maximum absolute atomic E-state index is 12.1. The number of carbonyl (C=O) groups is 2. The van der Waals surface area contributed by atoms with Crippen LogP contribution in [0, 0.1) is 5.92 Å². The lowest BCUT2D eigenvalue weighted by molar-refractivity contribution is -0.137. The Morgan fingerprint density at radius 2 is 2.05 bits per heavy atom. The molecule has 1 aliphatic rings. The quantitative estimate of drug-likeness (QED) is 0.884. The van der Waals surface area contributed by atoms with E-state index in [-0.39, 0.29) is 12.5 Å². The van der Waals surface area contributed by atoms with Gasteiger partial charge in [0.05, 0.1) is 0 Å². The fourth-order valence-electron chi connectivity index (χ4n) is 2.32. The molecule has 1 fully saturated rings. The minimum absolute atomic E-state index is 0.120. The zero-order chi connectivity index (χ0) is 14.5. The van der Waals surface area contributed by atoms with Gasteiger partial charge in [-0.15, -0.1) is 0 Å². The van der Waals surface area contributed by atoms with Crippen LogP contribution in [0.15, 0.2) is 28.7 Å². The number of amides is 2. The first-order chi connectivity index (χ1) is 9.54. The summed E-state index contributed by atoms with van der Waals surface area (Å²) in [5.41, 5.74) is 0.757. The van der Waals surface area contributed by atoms with Crippen molar-refractivity contribution in [2.75, 3.05) is 18.4 Å². The first-order valence-electron chi connectivity index (χ1n) is 6.58. The third kappa shape index (κ3) is 4.23. The molecule has 1 atom stereocenters. The summed E-state index contributed by atoms with van der Waals surface area (Å²) >= 11 is 3.34. The molecule has 0 spiro atoms. The SMILES string of the molecule is O=C(O)CCC1CCN(C(=O)Nc2ccc(Br)cc2)C1. The molecule has 5 nitrogen and oxygen atoms in total. The molecule has 1 heterocycles. The number of hydrogen-bond acceptors (Lipinski definition) is 2. The van der Waals surface area contributed by atoms with Crippen molar-refractivity contribution in [2.45, 2.75) is 19.3 Å². The smallest absolute Gasteiger partial charge is 0.321 e. The Kier molecular flexibility index (Phi) is 5.00. The third-order valence-corrected chi connectivity index (χ3v) is 3.96. The Bertz CT molecular complexity index is 490. The minimum Gasteiger partial charge on any atom is -0.481 e. The second-order valence-corrected chi connectivity index (χ2v) is 5.89. The van der Waals surface area contributed by atoms with Gasteiger partial charge in [0.25, 0.3) is 0 Å². The summed E-state index contributed by atoms with van der Waals surface area (Å²) in [6, 6.07) is 7.29. The lowest BCUT2D eigenvalue weighted by atomic mass is 10.0. The topological polar surface area (TPSA) is 69.6 Å². The number of hydrogen-bond donors (Lipinski definition) is 2. The number of nitrogens with zero attached hydrogens (tertiary/aromatic N) is 1. The summed E-state index contributed by atoms with van der Waals surface area (Å²) in [6.07, 6.45) is 1.69. The van der Waals surface area contributed by atoms with Crippen LogP contribution in [0.2, 0.25) is 0 Å². The average molecular weight is 341 g/mol. The van der Waals surface area contributed by atoms with Crippen molar-refractivity contribution < 1.29 is 14.7 Å². The van der Waals surface area contributed by atoms with Gasteiger partial charge >= 0.3 is 12.0 Å². The summed E-state index contributed by atoms with van der Waals surface area (Å²) in [6.45, 7) is 1.32. The fourth-order valence-corrected chi connectivity index (χ4v) is 2.58. The van der Waals surface area contributed by atoms with Crippen LogP contribution in [0.25, 0.3) is 0 Å². The molecule has 0 aliphatic carbocycles. The van der Waals surface area contributed by atoms with E-state index in [2.05, 4.69) is 21.2 Å². The van der Waals surface area contributed by atoms with E-state index >= 15 is 0 Å². The van der Waals surface area contributed by atoms with Gasteiger partial charge in [-0.3, -0.25) is 4.79 Å². The Balaban J connectivity index is 1.82. The highest BCUT2D eigenvalue weighted by Gasteiger charge is 2.26. The molecule has 1 saturated heterocycles. The van der Waals surface area contributed by atoms with Crippen LogP contribution >= 0.6 is 15.9 Å². The van der Waals surface area contributed by atoms with Crippen LogP contribution in [0.5, 0.6) is 0 Å². The van der Waals surface area contributed by atoms with Crippen molar-refractivity contribution in [1.29, 1.82) is 0 Å². The molecule has 6 heteroatoms. The van der Waals surface area contributed by atoms with E-state index in [9.17, 15) is 9.59 Å². The van der Waals surface area contributed by atoms with Gasteiger partial charge in [0, 0.05) is 29.7 Å². The Morgan fingerprint density at radius 3 is 2.70 bits per heavy atom. The summed E-state index contributed by atoms with van der Waals surface area (Å²) in [5.74, 6) is -0.482. The Labute approximate surface area is 126 Å². The number of carbonyl (C=O) groups excluding carboxylic acids is 1. The molecule has 2 N–H and O–H groups in total. The number of benzene rings is 1. The minimum atomic E-state index is -0.775. The van der Waals surface area contributed by atoms with Crippen molar-refractivity contribution in [3.8, 4) is 0 Å². The van der Waals surface area contributed by atoms with E-state index in [1.807, 2.05) is 24.3 Å². The Morgan fingerprint density at radius 1 is 1.35 bits per heavy atom. The van der Waals surface area contributed by atoms with Crippen molar-refractivity contribution >= 4 is 33.6 Å². The predicted octanol–water partition coefficient (Wildman–Crippen LogP) is 3.17. The molecule has 2 amide bonds. The zero-order valence-corrected chi connectivity index (χ0v) is 12.6. The number of carboxylic acids is 1. The number of aliphatic carboxylic acids is 1. The van der Waals surface area contributed by atoms with Gasteiger partial charge in [-0.25, -0.2) is 4.79 Å². The summed E-state index contributed by atoms with van der Waals surface area (Å²) in [5, 5.41) is 11.5. The number of rotatable bonds is 4. The van der Waals surface area contributed by atoms with Crippen LogP contribution < -0.4 is 5.32 Å². The lowest BCUT2D eigenvalue weighted by Crippen LogP contribution is -2.33. The van der Waals surface area contributed by atoms with Gasteiger partial charge in [0.15, 0.2) is 0 Å². The summed E-state index contributed by atoms with van der Waals surface area (Å²) < 4.78 is 0.963. The largest absolute Gasteiger partial charge is 0.481 e. The monoisotopic (exact) mass is 340 g/mol. The number of likely N-dealkylation sites (tertiary alicyclic amines) is 1. The first kappa shape index (κ1) is 14.8.